The zero-order chi connectivity index (χ0) is 18.0. The molecule has 2 amide bonds. The van der Waals surface area contributed by atoms with Gasteiger partial charge >= 0.3 is 12.0 Å². The molecule has 1 aromatic heterocycles. The maximum absolute atomic E-state index is 12.4. The number of nitrogens with zero attached hydrogens (tertiary/aromatic N) is 3. The summed E-state index contributed by atoms with van der Waals surface area (Å²) in [5.41, 5.74) is 2.29. The van der Waals surface area contributed by atoms with Crippen LogP contribution in [0.15, 0.2) is 30.5 Å². The number of aliphatic carboxylic acids is 1. The van der Waals surface area contributed by atoms with Crippen molar-refractivity contribution in [2.24, 2.45) is 5.92 Å². The Morgan fingerprint density at radius 2 is 2.24 bits per heavy atom. The Morgan fingerprint density at radius 1 is 1.44 bits per heavy atom. The number of rotatable bonds is 4. The molecule has 3 rings (SSSR count). The number of aromatic nitrogens is 2. The minimum atomic E-state index is -0.863. The molecule has 2 heterocycles. The molecule has 1 atom stereocenters. The molecule has 2 N–H and O–H groups in total. The van der Waals surface area contributed by atoms with Crippen molar-refractivity contribution in [3.05, 3.63) is 41.2 Å². The fourth-order valence-electron chi connectivity index (χ4n) is 2.99. The van der Waals surface area contributed by atoms with Crippen LogP contribution in [0, 0.1) is 5.92 Å². The first-order valence-corrected chi connectivity index (χ1v) is 8.49. The number of likely N-dealkylation sites (tertiary alicyclic amines) is 1. The number of urea groups is 1. The number of carboxylic acids is 1. The van der Waals surface area contributed by atoms with Gasteiger partial charge in [0.15, 0.2) is 0 Å². The minimum Gasteiger partial charge on any atom is -0.481 e. The highest BCUT2D eigenvalue weighted by Crippen LogP contribution is 2.23. The number of hydrogen-bond acceptors (Lipinski definition) is 3. The van der Waals surface area contributed by atoms with Gasteiger partial charge in [-0.25, -0.2) is 9.48 Å². The Labute approximate surface area is 150 Å². The molecule has 7 nitrogen and oxygen atoms in total. The molecule has 1 aliphatic heterocycles. The average molecular weight is 363 g/mol. The average Bonchev–Trinajstić information content (AvgIpc) is 3.21. The monoisotopic (exact) mass is 362 g/mol. The quantitative estimate of drug-likeness (QED) is 0.875. The van der Waals surface area contributed by atoms with Gasteiger partial charge in [-0.05, 0) is 31.0 Å². The van der Waals surface area contributed by atoms with Crippen LogP contribution in [0.1, 0.15) is 19.0 Å². The molecular formula is C17H19ClN4O3. The molecule has 1 fully saturated rings. The van der Waals surface area contributed by atoms with E-state index in [-0.39, 0.29) is 12.6 Å². The molecule has 1 aromatic carbocycles. The lowest BCUT2D eigenvalue weighted by Gasteiger charge is -2.17. The van der Waals surface area contributed by atoms with Crippen LogP contribution >= 0.6 is 11.6 Å². The first-order valence-electron chi connectivity index (χ1n) is 8.11. The van der Waals surface area contributed by atoms with Crippen LogP contribution in [0.2, 0.25) is 5.02 Å². The number of amides is 2. The van der Waals surface area contributed by atoms with Gasteiger partial charge in [0.1, 0.15) is 0 Å². The largest absolute Gasteiger partial charge is 0.481 e. The van der Waals surface area contributed by atoms with Gasteiger partial charge in [-0.15, -0.1) is 0 Å². The van der Waals surface area contributed by atoms with Gasteiger partial charge < -0.3 is 15.3 Å². The third-order valence-electron chi connectivity index (χ3n) is 4.32. The van der Waals surface area contributed by atoms with E-state index in [0.717, 1.165) is 11.4 Å². The van der Waals surface area contributed by atoms with Crippen molar-refractivity contribution >= 4 is 29.3 Å². The van der Waals surface area contributed by atoms with E-state index in [9.17, 15) is 9.59 Å². The number of carbonyl (C=O) groups excluding carboxylic acids is 1. The van der Waals surface area contributed by atoms with Gasteiger partial charge in [-0.1, -0.05) is 24.6 Å². The van der Waals surface area contributed by atoms with Crippen LogP contribution in [0.25, 0.3) is 5.69 Å². The first kappa shape index (κ1) is 17.3. The number of halogens is 1. The van der Waals surface area contributed by atoms with Crippen molar-refractivity contribution in [3.63, 3.8) is 0 Å². The maximum atomic E-state index is 12.4. The topological polar surface area (TPSA) is 87.5 Å². The van der Waals surface area contributed by atoms with Crippen LogP contribution in [-0.2, 0) is 11.2 Å². The maximum Gasteiger partial charge on any atom is 0.321 e. The van der Waals surface area contributed by atoms with Crippen LogP contribution in [-0.4, -0.2) is 44.9 Å². The van der Waals surface area contributed by atoms with E-state index < -0.39 is 11.9 Å². The summed E-state index contributed by atoms with van der Waals surface area (Å²) < 4.78 is 1.74. The van der Waals surface area contributed by atoms with Crippen LogP contribution in [0.4, 0.5) is 10.5 Å². The second kappa shape index (κ2) is 7.14. The Balaban J connectivity index is 1.77. The number of anilines is 1. The van der Waals surface area contributed by atoms with Crippen molar-refractivity contribution in [1.82, 2.24) is 14.7 Å². The summed E-state index contributed by atoms with van der Waals surface area (Å²) in [5, 5.41) is 16.9. The van der Waals surface area contributed by atoms with Gasteiger partial charge in [-0.2, -0.15) is 5.10 Å². The Bertz CT molecular complexity index is 805. The molecule has 25 heavy (non-hydrogen) atoms. The highest BCUT2D eigenvalue weighted by molar-refractivity contribution is 6.30. The highest BCUT2D eigenvalue weighted by Gasteiger charge is 2.31. The first-order chi connectivity index (χ1) is 12.0. The number of carbonyl (C=O) groups is 2. The number of benzene rings is 1. The van der Waals surface area contributed by atoms with Crippen molar-refractivity contribution in [3.8, 4) is 5.69 Å². The molecule has 1 saturated heterocycles. The van der Waals surface area contributed by atoms with Crippen LogP contribution in [0.3, 0.4) is 0 Å². The summed E-state index contributed by atoms with van der Waals surface area (Å²) in [6, 6.07) is 7.02. The predicted molar refractivity (Wildman–Crippen MR) is 94.3 cm³/mol. The Kier molecular flexibility index (Phi) is 4.94. The third-order valence-corrected chi connectivity index (χ3v) is 4.56. The standard InChI is InChI=1S/C17H19ClN4O3/c1-2-15-14(9-19-22(15)13-5-3-4-12(18)8-13)20-17(25)21-7-6-11(10-21)16(23)24/h3-5,8-9,11H,2,6-7,10H2,1H3,(H,20,25)(H,23,24). The van der Waals surface area contributed by atoms with E-state index in [1.54, 1.807) is 23.0 Å². The zero-order valence-corrected chi connectivity index (χ0v) is 14.5. The van der Waals surface area contributed by atoms with Crippen molar-refractivity contribution in [1.29, 1.82) is 0 Å². The molecule has 0 bridgehead atoms. The molecule has 8 heteroatoms. The Hall–Kier alpha value is -2.54. The third kappa shape index (κ3) is 3.61. The normalized spacial score (nSPS) is 16.9. The van der Waals surface area contributed by atoms with Crippen LogP contribution < -0.4 is 5.32 Å². The van der Waals surface area contributed by atoms with E-state index in [0.29, 0.717) is 30.1 Å². The number of nitrogens with one attached hydrogen (secondary N) is 1. The van der Waals surface area contributed by atoms with E-state index >= 15 is 0 Å². The van der Waals surface area contributed by atoms with Gasteiger partial charge in [0.2, 0.25) is 0 Å². The highest BCUT2D eigenvalue weighted by atomic mass is 35.5. The van der Waals surface area contributed by atoms with Crippen LogP contribution in [0.5, 0.6) is 0 Å². The summed E-state index contributed by atoms with van der Waals surface area (Å²) in [4.78, 5) is 25.0. The van der Waals surface area contributed by atoms with E-state index in [4.69, 9.17) is 16.7 Å². The lowest BCUT2D eigenvalue weighted by Crippen LogP contribution is -2.34. The summed E-state index contributed by atoms with van der Waals surface area (Å²) in [5.74, 6) is -1.36. The molecule has 132 valence electrons. The molecule has 1 unspecified atom stereocenters. The molecule has 0 spiro atoms. The second-order valence-electron chi connectivity index (χ2n) is 5.95. The lowest BCUT2D eigenvalue weighted by molar-refractivity contribution is -0.141. The minimum absolute atomic E-state index is 0.227. The SMILES string of the molecule is CCc1c(NC(=O)N2CCC(C(=O)O)C2)cnn1-c1cccc(Cl)c1. The smallest absolute Gasteiger partial charge is 0.321 e. The molecule has 2 aromatic rings. The predicted octanol–water partition coefficient (Wildman–Crippen LogP) is 3.03. The van der Waals surface area contributed by atoms with Gasteiger partial charge in [0.25, 0.3) is 0 Å². The summed E-state index contributed by atoms with van der Waals surface area (Å²) in [6.07, 6.45) is 2.74. The lowest BCUT2D eigenvalue weighted by atomic mass is 10.1. The molecule has 0 radical (unpaired) electrons. The molecule has 0 aliphatic carbocycles. The summed E-state index contributed by atoms with van der Waals surface area (Å²) in [6.45, 7) is 2.64. The van der Waals surface area contributed by atoms with E-state index in [1.807, 2.05) is 19.1 Å². The fourth-order valence-corrected chi connectivity index (χ4v) is 3.17. The van der Waals surface area contributed by atoms with Gasteiger partial charge in [0.05, 0.1) is 29.2 Å². The van der Waals surface area contributed by atoms with Gasteiger partial charge in [-0.3, -0.25) is 4.79 Å². The van der Waals surface area contributed by atoms with Crippen molar-refractivity contribution < 1.29 is 14.7 Å². The van der Waals surface area contributed by atoms with E-state index in [1.165, 1.54) is 4.90 Å². The fraction of sp³-hybridized carbons (Fsp3) is 0.353. The zero-order valence-electron chi connectivity index (χ0n) is 13.8. The Morgan fingerprint density at radius 3 is 2.88 bits per heavy atom. The molecular weight excluding hydrogens is 344 g/mol. The molecule has 1 aliphatic rings. The van der Waals surface area contributed by atoms with Gasteiger partial charge in [0, 0.05) is 18.1 Å². The summed E-state index contributed by atoms with van der Waals surface area (Å²) in [7, 11) is 0. The van der Waals surface area contributed by atoms with Crippen molar-refractivity contribution in [2.75, 3.05) is 18.4 Å². The molecule has 0 saturated carbocycles. The summed E-state index contributed by atoms with van der Waals surface area (Å²) >= 11 is 6.04. The number of hydrogen-bond donors (Lipinski definition) is 2. The van der Waals surface area contributed by atoms with E-state index in [2.05, 4.69) is 10.4 Å². The van der Waals surface area contributed by atoms with Crippen molar-refractivity contribution in [2.45, 2.75) is 19.8 Å². The number of carboxylic acid groups (broad SMARTS) is 1. The second-order valence-corrected chi connectivity index (χ2v) is 6.39.